The van der Waals surface area contributed by atoms with Gasteiger partial charge in [-0.1, -0.05) is 47.2 Å². The van der Waals surface area contributed by atoms with Gasteiger partial charge in [-0.25, -0.2) is 4.98 Å². The minimum absolute atomic E-state index is 0.217. The molecule has 0 unspecified atom stereocenters. The van der Waals surface area contributed by atoms with Crippen molar-refractivity contribution in [1.82, 2.24) is 9.88 Å². The van der Waals surface area contributed by atoms with Gasteiger partial charge in [0.1, 0.15) is 0 Å². The molecule has 0 saturated carbocycles. The van der Waals surface area contributed by atoms with Crippen LogP contribution in [0.2, 0.25) is 0 Å². The van der Waals surface area contributed by atoms with Crippen LogP contribution >= 0.6 is 11.3 Å². The van der Waals surface area contributed by atoms with Crippen LogP contribution in [0.4, 0.5) is 5.13 Å². The molecule has 1 amide bonds. The lowest BCUT2D eigenvalue weighted by molar-refractivity contribution is -0.130. The molecule has 5 heteroatoms. The molecule has 0 spiro atoms. The van der Waals surface area contributed by atoms with Gasteiger partial charge in [-0.05, 0) is 43.5 Å². The number of rotatable bonds is 3. The summed E-state index contributed by atoms with van der Waals surface area (Å²) >= 11 is 1.76. The van der Waals surface area contributed by atoms with Gasteiger partial charge in [-0.15, -0.1) is 0 Å². The Morgan fingerprint density at radius 3 is 2.41 bits per heavy atom. The van der Waals surface area contributed by atoms with Crippen LogP contribution in [-0.4, -0.2) is 42.0 Å². The molecule has 0 N–H and O–H groups in total. The third-order valence-electron chi connectivity index (χ3n) is 5.20. The number of piperazine rings is 1. The monoisotopic (exact) mass is 379 g/mol. The number of fused-ring (bicyclic) bond motifs is 1. The number of aryl methyl sites for hydroxylation is 3. The van der Waals surface area contributed by atoms with Crippen LogP contribution in [0.15, 0.2) is 36.4 Å². The highest BCUT2D eigenvalue weighted by Gasteiger charge is 2.23. The van der Waals surface area contributed by atoms with E-state index in [4.69, 9.17) is 4.98 Å². The topological polar surface area (TPSA) is 36.4 Å². The Hall–Kier alpha value is -2.40. The zero-order valence-corrected chi connectivity index (χ0v) is 17.0. The Morgan fingerprint density at radius 2 is 1.70 bits per heavy atom. The lowest BCUT2D eigenvalue weighted by atomic mass is 10.1. The summed E-state index contributed by atoms with van der Waals surface area (Å²) in [7, 11) is 0. The van der Waals surface area contributed by atoms with Crippen molar-refractivity contribution in [2.45, 2.75) is 27.2 Å². The predicted octanol–water partition coefficient (Wildman–Crippen LogP) is 4.11. The largest absolute Gasteiger partial charge is 0.345 e. The molecule has 0 aliphatic carbocycles. The number of aromatic nitrogens is 1. The molecule has 2 heterocycles. The fourth-order valence-electron chi connectivity index (χ4n) is 3.63. The van der Waals surface area contributed by atoms with Crippen LogP contribution in [0.1, 0.15) is 22.3 Å². The van der Waals surface area contributed by atoms with Gasteiger partial charge in [0, 0.05) is 26.2 Å². The molecule has 0 radical (unpaired) electrons. The maximum atomic E-state index is 12.6. The maximum Gasteiger partial charge on any atom is 0.227 e. The molecule has 1 saturated heterocycles. The first kappa shape index (κ1) is 18.0. The fourth-order valence-corrected chi connectivity index (χ4v) is 4.83. The number of amides is 1. The van der Waals surface area contributed by atoms with Gasteiger partial charge < -0.3 is 9.80 Å². The summed E-state index contributed by atoms with van der Waals surface area (Å²) in [6.07, 6.45) is 0.486. The average Bonchev–Trinajstić information content (AvgIpc) is 3.08. The van der Waals surface area contributed by atoms with Crippen molar-refractivity contribution in [3.8, 4) is 0 Å². The zero-order chi connectivity index (χ0) is 19.0. The highest BCUT2D eigenvalue weighted by atomic mass is 32.1. The number of carbonyl (C=O) groups is 1. The van der Waals surface area contributed by atoms with E-state index >= 15 is 0 Å². The molecule has 27 heavy (non-hydrogen) atoms. The number of anilines is 1. The van der Waals surface area contributed by atoms with Crippen molar-refractivity contribution in [2.75, 3.05) is 31.1 Å². The molecule has 4 rings (SSSR count). The van der Waals surface area contributed by atoms with E-state index in [0.717, 1.165) is 42.4 Å². The number of benzene rings is 2. The van der Waals surface area contributed by atoms with Gasteiger partial charge in [0.15, 0.2) is 5.13 Å². The first-order valence-corrected chi connectivity index (χ1v) is 10.3. The van der Waals surface area contributed by atoms with Crippen molar-refractivity contribution < 1.29 is 4.79 Å². The van der Waals surface area contributed by atoms with Gasteiger partial charge in [-0.3, -0.25) is 4.79 Å². The van der Waals surface area contributed by atoms with E-state index in [0.29, 0.717) is 6.42 Å². The third-order valence-corrected chi connectivity index (χ3v) is 6.26. The normalized spacial score (nSPS) is 14.8. The molecular weight excluding hydrogens is 354 g/mol. The Labute approximate surface area is 164 Å². The van der Waals surface area contributed by atoms with Gasteiger partial charge in [0.05, 0.1) is 16.6 Å². The smallest absolute Gasteiger partial charge is 0.227 e. The van der Waals surface area contributed by atoms with Crippen molar-refractivity contribution in [3.05, 3.63) is 58.7 Å². The van der Waals surface area contributed by atoms with Gasteiger partial charge >= 0.3 is 0 Å². The number of carbonyl (C=O) groups excluding carboxylic acids is 1. The zero-order valence-electron chi connectivity index (χ0n) is 16.2. The highest BCUT2D eigenvalue weighted by Crippen LogP contribution is 2.32. The Kier molecular flexibility index (Phi) is 4.87. The fraction of sp³-hybridized carbons (Fsp3) is 0.364. The molecule has 3 aromatic rings. The number of nitrogens with zero attached hydrogens (tertiary/aromatic N) is 3. The average molecular weight is 380 g/mol. The maximum absolute atomic E-state index is 12.6. The first-order chi connectivity index (χ1) is 13.0. The van der Waals surface area contributed by atoms with Crippen molar-refractivity contribution in [1.29, 1.82) is 0 Å². The van der Waals surface area contributed by atoms with Crippen LogP contribution in [-0.2, 0) is 11.2 Å². The van der Waals surface area contributed by atoms with Crippen LogP contribution in [0.3, 0.4) is 0 Å². The van der Waals surface area contributed by atoms with E-state index in [-0.39, 0.29) is 5.91 Å². The van der Waals surface area contributed by atoms with E-state index in [9.17, 15) is 4.79 Å². The SMILES string of the molecule is Cc1ccc(CC(=O)N2CCN(c3nc4c(C)cc(C)cc4s3)CC2)cc1. The third kappa shape index (κ3) is 3.83. The van der Waals surface area contributed by atoms with E-state index in [1.807, 2.05) is 4.90 Å². The van der Waals surface area contributed by atoms with Crippen molar-refractivity contribution >= 4 is 32.6 Å². The molecular formula is C22H25N3OS. The molecule has 2 aromatic carbocycles. The van der Waals surface area contributed by atoms with Gasteiger partial charge in [-0.2, -0.15) is 0 Å². The number of thiazole rings is 1. The van der Waals surface area contributed by atoms with Crippen LogP contribution in [0.5, 0.6) is 0 Å². The molecule has 1 fully saturated rings. The lowest BCUT2D eigenvalue weighted by Crippen LogP contribution is -2.49. The second-order valence-corrected chi connectivity index (χ2v) is 8.46. The van der Waals surface area contributed by atoms with E-state index < -0.39 is 0 Å². The molecule has 1 aromatic heterocycles. The minimum atomic E-state index is 0.217. The van der Waals surface area contributed by atoms with Crippen molar-refractivity contribution in [3.63, 3.8) is 0 Å². The quantitative estimate of drug-likeness (QED) is 0.687. The van der Waals surface area contributed by atoms with E-state index in [2.05, 4.69) is 62.1 Å². The molecule has 0 bridgehead atoms. The van der Waals surface area contributed by atoms with Crippen molar-refractivity contribution in [2.24, 2.45) is 0 Å². The molecule has 4 nitrogen and oxygen atoms in total. The van der Waals surface area contributed by atoms with Gasteiger partial charge in [0.2, 0.25) is 5.91 Å². The Morgan fingerprint density at radius 1 is 1.00 bits per heavy atom. The number of hydrogen-bond acceptors (Lipinski definition) is 4. The Bertz CT molecular complexity index is 969. The predicted molar refractivity (Wildman–Crippen MR) is 113 cm³/mol. The number of hydrogen-bond donors (Lipinski definition) is 0. The lowest BCUT2D eigenvalue weighted by Gasteiger charge is -2.34. The van der Waals surface area contributed by atoms with Gasteiger partial charge in [0.25, 0.3) is 0 Å². The minimum Gasteiger partial charge on any atom is -0.345 e. The van der Waals surface area contributed by atoms with E-state index in [1.165, 1.54) is 21.4 Å². The summed E-state index contributed by atoms with van der Waals surface area (Å²) in [5.41, 5.74) is 5.94. The van der Waals surface area contributed by atoms with E-state index in [1.54, 1.807) is 11.3 Å². The summed E-state index contributed by atoms with van der Waals surface area (Å²) < 4.78 is 1.25. The second-order valence-electron chi connectivity index (χ2n) is 7.46. The summed E-state index contributed by atoms with van der Waals surface area (Å²) in [6, 6.07) is 12.6. The molecule has 0 atom stereocenters. The standard InChI is InChI=1S/C22H25N3OS/c1-15-4-6-18(7-5-15)14-20(26)24-8-10-25(11-9-24)22-23-21-17(3)12-16(2)13-19(21)27-22/h4-7,12-13H,8-11,14H2,1-3H3. The summed E-state index contributed by atoms with van der Waals surface area (Å²) in [5, 5.41) is 1.07. The summed E-state index contributed by atoms with van der Waals surface area (Å²) in [6.45, 7) is 9.53. The molecule has 1 aliphatic heterocycles. The van der Waals surface area contributed by atoms with Crippen LogP contribution in [0.25, 0.3) is 10.2 Å². The van der Waals surface area contributed by atoms with Crippen LogP contribution < -0.4 is 4.90 Å². The highest BCUT2D eigenvalue weighted by molar-refractivity contribution is 7.22. The molecule has 140 valence electrons. The van der Waals surface area contributed by atoms with Crippen LogP contribution in [0, 0.1) is 20.8 Å². The summed E-state index contributed by atoms with van der Waals surface area (Å²) in [4.78, 5) is 21.8. The molecule has 1 aliphatic rings. The first-order valence-electron chi connectivity index (χ1n) is 9.45. The summed E-state index contributed by atoms with van der Waals surface area (Å²) in [5.74, 6) is 0.217. The second kappa shape index (κ2) is 7.31. The Balaban J connectivity index is 1.40.